The van der Waals surface area contributed by atoms with Gasteiger partial charge in [-0.3, -0.25) is 4.84 Å². The molecule has 0 fully saturated rings. The van der Waals surface area contributed by atoms with Crippen molar-refractivity contribution in [2.75, 3.05) is 40.0 Å². The minimum Gasteiger partial charge on any atom is -0.493 e. The summed E-state index contributed by atoms with van der Waals surface area (Å²) in [5, 5.41) is 13.2. The van der Waals surface area contributed by atoms with Crippen molar-refractivity contribution in [1.29, 1.82) is 0 Å². The van der Waals surface area contributed by atoms with E-state index in [9.17, 15) is 9.90 Å². The van der Waals surface area contributed by atoms with E-state index in [1.807, 2.05) is 30.3 Å². The molecule has 3 aromatic rings. The van der Waals surface area contributed by atoms with Crippen LogP contribution in [0, 0.1) is 0 Å². The van der Waals surface area contributed by atoms with E-state index in [1.165, 1.54) is 18.6 Å². The Hall–Kier alpha value is -3.34. The van der Waals surface area contributed by atoms with E-state index in [1.54, 1.807) is 40.5 Å². The summed E-state index contributed by atoms with van der Waals surface area (Å²) < 4.78 is 20.8. The lowest BCUT2D eigenvalue weighted by Gasteiger charge is -2.21. The number of methoxy groups -OCH3 is 3. The second-order valence-electron chi connectivity index (χ2n) is 7.04. The van der Waals surface area contributed by atoms with Gasteiger partial charge in [-0.15, -0.1) is 0 Å². The molecule has 2 amide bonds. The highest BCUT2D eigenvalue weighted by Crippen LogP contribution is 2.44. The first-order valence-electron chi connectivity index (χ1n) is 10.1. The average Bonchev–Trinajstić information content (AvgIpc) is 3.32. The van der Waals surface area contributed by atoms with E-state index in [0.29, 0.717) is 22.9 Å². The summed E-state index contributed by atoms with van der Waals surface area (Å²) in [4.78, 5) is 18.7. The molecule has 10 heteroatoms. The Labute approximate surface area is 196 Å². The van der Waals surface area contributed by atoms with E-state index in [-0.39, 0.29) is 6.54 Å². The molecule has 2 aromatic carbocycles. The second kappa shape index (κ2) is 11.0. The molecule has 0 spiro atoms. The molecule has 0 bridgehead atoms. The van der Waals surface area contributed by atoms with Crippen molar-refractivity contribution in [3.05, 3.63) is 42.6 Å². The number of benzene rings is 2. The van der Waals surface area contributed by atoms with Crippen LogP contribution < -0.4 is 24.6 Å². The predicted octanol–water partition coefficient (Wildman–Crippen LogP) is 3.96. The van der Waals surface area contributed by atoms with Gasteiger partial charge in [-0.2, -0.15) is 9.44 Å². The van der Waals surface area contributed by atoms with Crippen LogP contribution in [0.25, 0.3) is 21.6 Å². The molecule has 0 aliphatic carbocycles. The number of hydroxylamine groups is 1. The Balaban J connectivity index is 2.00. The summed E-state index contributed by atoms with van der Waals surface area (Å²) in [5.41, 5.74) is 3.10. The van der Waals surface area contributed by atoms with Crippen LogP contribution in [0.5, 0.6) is 17.2 Å². The van der Waals surface area contributed by atoms with Crippen LogP contribution in [0.1, 0.15) is 6.92 Å². The van der Waals surface area contributed by atoms with Gasteiger partial charge < -0.3 is 24.6 Å². The zero-order valence-electron chi connectivity index (χ0n) is 19.1. The fourth-order valence-corrected chi connectivity index (χ4v) is 4.03. The van der Waals surface area contributed by atoms with Crippen molar-refractivity contribution in [3.8, 4) is 38.8 Å². The number of rotatable bonds is 9. The van der Waals surface area contributed by atoms with Crippen molar-refractivity contribution < 1.29 is 28.9 Å². The Bertz CT molecular complexity index is 1080. The summed E-state index contributed by atoms with van der Waals surface area (Å²) in [6, 6.07) is 10.6. The number of hydrogen-bond donors (Lipinski definition) is 2. The van der Waals surface area contributed by atoms with Crippen LogP contribution >= 0.6 is 11.5 Å². The molecule has 0 aliphatic rings. The fourth-order valence-electron chi connectivity index (χ4n) is 3.28. The number of amides is 2. The monoisotopic (exact) mass is 473 g/mol. The molecule has 3 rings (SSSR count). The number of carbonyl (C=O) groups excluding carboxylic acids is 1. The van der Waals surface area contributed by atoms with Gasteiger partial charge in [0, 0.05) is 23.9 Å². The number of hydrogen-bond acceptors (Lipinski definition) is 8. The molecular formula is C23H27N3O6S. The zero-order valence-corrected chi connectivity index (χ0v) is 19.9. The molecule has 0 saturated heterocycles. The lowest BCUT2D eigenvalue weighted by atomic mass is 10.0. The van der Waals surface area contributed by atoms with Crippen LogP contribution in [-0.2, 0) is 4.84 Å². The van der Waals surface area contributed by atoms with Gasteiger partial charge in [-0.25, -0.2) is 4.79 Å². The fraction of sp³-hybridized carbons (Fsp3) is 0.304. The van der Waals surface area contributed by atoms with E-state index in [4.69, 9.17) is 19.0 Å². The van der Waals surface area contributed by atoms with E-state index in [0.717, 1.165) is 26.6 Å². The van der Waals surface area contributed by atoms with Crippen LogP contribution in [0.2, 0.25) is 0 Å². The molecule has 1 atom stereocenters. The average molecular weight is 474 g/mol. The maximum atomic E-state index is 12.5. The summed E-state index contributed by atoms with van der Waals surface area (Å²) >= 11 is 1.33. The van der Waals surface area contributed by atoms with Gasteiger partial charge in [0.2, 0.25) is 5.75 Å². The van der Waals surface area contributed by atoms with E-state index in [2.05, 4.69) is 9.69 Å². The summed E-state index contributed by atoms with van der Waals surface area (Å²) in [7, 11) is 6.10. The first kappa shape index (κ1) is 24.3. The van der Waals surface area contributed by atoms with Gasteiger partial charge in [-0.05, 0) is 48.3 Å². The van der Waals surface area contributed by atoms with Crippen LogP contribution in [0.3, 0.4) is 0 Å². The number of aliphatic hydroxyl groups excluding tert-OH is 1. The molecule has 0 radical (unpaired) electrons. The number of aromatic nitrogens is 1. The highest BCUT2D eigenvalue weighted by atomic mass is 32.1. The highest BCUT2D eigenvalue weighted by molar-refractivity contribution is 7.10. The third kappa shape index (κ3) is 5.36. The molecule has 0 aliphatic heterocycles. The Morgan fingerprint density at radius 1 is 1.09 bits per heavy atom. The van der Waals surface area contributed by atoms with E-state index >= 15 is 0 Å². The first-order chi connectivity index (χ1) is 15.9. The highest BCUT2D eigenvalue weighted by Gasteiger charge is 2.20. The van der Waals surface area contributed by atoms with Crippen LogP contribution in [0.4, 0.5) is 10.5 Å². The minimum atomic E-state index is -0.670. The SMILES string of the molecule is COc1cc(-c2sncc2-c2cccc(N(OC)C(=O)NCC(C)O)c2)cc(OC)c1OC. The second-order valence-corrected chi connectivity index (χ2v) is 7.85. The molecule has 2 N–H and O–H groups in total. The Morgan fingerprint density at radius 2 is 1.79 bits per heavy atom. The van der Waals surface area contributed by atoms with Gasteiger partial charge in [-0.1, -0.05) is 12.1 Å². The largest absolute Gasteiger partial charge is 0.493 e. The molecular weight excluding hydrogens is 446 g/mol. The van der Waals surface area contributed by atoms with E-state index < -0.39 is 12.1 Å². The molecule has 9 nitrogen and oxygen atoms in total. The van der Waals surface area contributed by atoms with Crippen molar-refractivity contribution >= 4 is 23.3 Å². The zero-order chi connectivity index (χ0) is 24.0. The molecule has 33 heavy (non-hydrogen) atoms. The summed E-state index contributed by atoms with van der Waals surface area (Å²) in [5.74, 6) is 1.59. The van der Waals surface area contributed by atoms with Crippen molar-refractivity contribution in [2.45, 2.75) is 13.0 Å². The molecule has 0 saturated carbocycles. The smallest absolute Gasteiger partial charge is 0.346 e. The lowest BCUT2D eigenvalue weighted by molar-refractivity contribution is 0.154. The standard InChI is InChI=1S/C23H27N3O6S/c1-14(27)12-24-23(28)26(32-5)17-8-6-7-15(9-17)18-13-25-33-22(18)16-10-19(29-2)21(31-4)20(11-16)30-3/h6-11,13-14,27H,12H2,1-5H3,(H,24,28). The van der Waals surface area contributed by atoms with Crippen LogP contribution in [-0.4, -0.2) is 56.6 Å². The van der Waals surface area contributed by atoms with Crippen molar-refractivity contribution in [2.24, 2.45) is 0 Å². The number of anilines is 1. The molecule has 176 valence electrons. The number of urea groups is 1. The van der Waals surface area contributed by atoms with Gasteiger partial charge in [0.25, 0.3) is 0 Å². The van der Waals surface area contributed by atoms with Crippen molar-refractivity contribution in [1.82, 2.24) is 9.69 Å². The first-order valence-corrected chi connectivity index (χ1v) is 10.9. The number of ether oxygens (including phenoxy) is 3. The minimum absolute atomic E-state index is 0.109. The number of nitrogens with one attached hydrogen (secondary N) is 1. The number of carbonyl (C=O) groups is 1. The third-order valence-corrected chi connectivity index (χ3v) is 5.65. The van der Waals surface area contributed by atoms with Crippen LogP contribution in [0.15, 0.2) is 42.6 Å². The third-order valence-electron chi connectivity index (χ3n) is 4.80. The molecule has 1 heterocycles. The lowest BCUT2D eigenvalue weighted by Crippen LogP contribution is -2.42. The Kier molecular flexibility index (Phi) is 8.10. The van der Waals surface area contributed by atoms with Gasteiger partial charge >= 0.3 is 6.03 Å². The summed E-state index contributed by atoms with van der Waals surface area (Å²) in [6.45, 7) is 1.70. The maximum Gasteiger partial charge on any atom is 0.346 e. The predicted molar refractivity (Wildman–Crippen MR) is 127 cm³/mol. The Morgan fingerprint density at radius 3 is 2.36 bits per heavy atom. The molecule has 1 unspecified atom stereocenters. The normalized spacial score (nSPS) is 11.6. The topological polar surface area (TPSA) is 102 Å². The van der Waals surface area contributed by atoms with Gasteiger partial charge in [0.1, 0.15) is 0 Å². The number of aliphatic hydroxyl groups is 1. The van der Waals surface area contributed by atoms with Gasteiger partial charge in [0.15, 0.2) is 11.5 Å². The quantitative estimate of drug-likeness (QED) is 0.454. The molecule has 1 aromatic heterocycles. The summed E-state index contributed by atoms with van der Waals surface area (Å²) in [6.07, 6.45) is 1.10. The maximum absolute atomic E-state index is 12.5. The number of nitrogens with zero attached hydrogens (tertiary/aromatic N) is 2. The van der Waals surface area contributed by atoms with Gasteiger partial charge in [0.05, 0.1) is 45.1 Å². The van der Waals surface area contributed by atoms with Crippen molar-refractivity contribution in [3.63, 3.8) is 0 Å².